The van der Waals surface area contributed by atoms with Crippen LogP contribution in [0.4, 0.5) is 13.2 Å². The van der Waals surface area contributed by atoms with Crippen molar-refractivity contribution in [1.82, 2.24) is 20.6 Å². The maximum atomic E-state index is 13.5. The molecule has 0 bridgehead atoms. The van der Waals surface area contributed by atoms with E-state index < -0.39 is 17.7 Å². The lowest BCUT2D eigenvalue weighted by Gasteiger charge is -2.16. The number of methoxy groups -OCH3 is 1. The average Bonchev–Trinajstić information content (AvgIpc) is 3.61. The number of aromatic nitrogens is 4. The van der Waals surface area contributed by atoms with Gasteiger partial charge in [0.15, 0.2) is 0 Å². The van der Waals surface area contributed by atoms with Crippen molar-refractivity contribution < 1.29 is 27.4 Å². The molecule has 1 aromatic heterocycles. The number of ether oxygens (including phenoxy) is 2. The van der Waals surface area contributed by atoms with Gasteiger partial charge in [-0.15, -0.1) is 10.2 Å². The highest BCUT2D eigenvalue weighted by atomic mass is 19.4. The summed E-state index contributed by atoms with van der Waals surface area (Å²) < 4.78 is 51.2. The first kappa shape index (κ1) is 31.2. The van der Waals surface area contributed by atoms with Gasteiger partial charge in [-0.1, -0.05) is 84.9 Å². The molecule has 0 aliphatic rings. The van der Waals surface area contributed by atoms with Crippen LogP contribution in [0.25, 0.3) is 17.5 Å². The molecule has 0 aliphatic heterocycles. The number of aryl methyl sites for hydroxylation is 1. The Morgan fingerprint density at radius 2 is 1.62 bits per heavy atom. The fourth-order valence-electron chi connectivity index (χ4n) is 4.99. The van der Waals surface area contributed by atoms with Gasteiger partial charge < -0.3 is 9.47 Å². The van der Waals surface area contributed by atoms with Gasteiger partial charge in [0, 0.05) is 16.7 Å². The van der Waals surface area contributed by atoms with Crippen molar-refractivity contribution in [3.05, 3.63) is 137 Å². The third kappa shape index (κ3) is 8.44. The number of halogens is 3. The smallest absolute Gasteiger partial charge is 0.416 e. The fourth-order valence-corrected chi connectivity index (χ4v) is 4.99. The number of rotatable bonds is 12. The van der Waals surface area contributed by atoms with Crippen LogP contribution in [0.3, 0.4) is 0 Å². The average molecular weight is 613 g/mol. The third-order valence-corrected chi connectivity index (χ3v) is 7.41. The molecule has 0 spiro atoms. The SMILES string of the molecule is COC(=O)c1ccc(CC(C=Cc2ccccc2OCc2ccccc2C(F)(F)F)CCc2ccc(-c3nn[nH]n3)cc2)cc1. The molecular weight excluding hydrogens is 581 g/mol. The molecule has 1 N–H and O–H groups in total. The molecular formula is C35H31F3N4O3. The van der Waals surface area contributed by atoms with Crippen molar-refractivity contribution in [2.24, 2.45) is 5.92 Å². The minimum Gasteiger partial charge on any atom is -0.488 e. The summed E-state index contributed by atoms with van der Waals surface area (Å²) in [6, 6.07) is 28.1. The van der Waals surface area contributed by atoms with E-state index in [1.54, 1.807) is 30.3 Å². The standard InChI is InChI=1S/C35H31F3N4O3/c1-44-34(43)29-20-15-26(16-21-29)22-25(11-10-24-12-18-28(19-13-24)33-39-41-42-40-33)14-17-27-6-3-5-9-32(27)45-23-30-7-2-4-8-31(30)35(36,37)38/h2-9,12-21,25H,10-11,22-23H2,1H3,(H,39,40,41,42). The van der Waals surface area contributed by atoms with E-state index in [9.17, 15) is 18.0 Å². The van der Waals surface area contributed by atoms with E-state index >= 15 is 0 Å². The second-order valence-electron chi connectivity index (χ2n) is 10.5. The topological polar surface area (TPSA) is 90.0 Å². The van der Waals surface area contributed by atoms with Gasteiger partial charge in [-0.2, -0.15) is 18.4 Å². The quantitative estimate of drug-likeness (QED) is 0.145. The van der Waals surface area contributed by atoms with Gasteiger partial charge in [0.1, 0.15) is 12.4 Å². The number of H-pyrrole nitrogens is 1. The van der Waals surface area contributed by atoms with Crippen LogP contribution in [0, 0.1) is 5.92 Å². The van der Waals surface area contributed by atoms with E-state index in [1.807, 2.05) is 54.6 Å². The Morgan fingerprint density at radius 1 is 0.911 bits per heavy atom. The number of carbonyl (C=O) groups is 1. The Bertz CT molecular complexity index is 1720. The number of allylic oxidation sites excluding steroid dienone is 1. The number of aromatic amines is 1. The summed E-state index contributed by atoms with van der Waals surface area (Å²) in [6.07, 6.45) is 1.92. The van der Waals surface area contributed by atoms with E-state index in [0.29, 0.717) is 23.6 Å². The van der Waals surface area contributed by atoms with Crippen molar-refractivity contribution in [3.63, 3.8) is 0 Å². The molecule has 0 saturated heterocycles. The van der Waals surface area contributed by atoms with Crippen LogP contribution in [0.15, 0.2) is 103 Å². The molecule has 230 valence electrons. The summed E-state index contributed by atoms with van der Waals surface area (Å²) in [5, 5.41) is 14.1. The minimum atomic E-state index is -4.46. The molecule has 0 amide bonds. The molecule has 10 heteroatoms. The number of hydrogen-bond donors (Lipinski definition) is 1. The zero-order chi connectivity index (χ0) is 31.6. The number of para-hydroxylation sites is 1. The Kier molecular flexibility index (Phi) is 10.0. The van der Waals surface area contributed by atoms with Gasteiger partial charge in [0.2, 0.25) is 5.82 Å². The van der Waals surface area contributed by atoms with Crippen molar-refractivity contribution in [2.45, 2.75) is 32.0 Å². The van der Waals surface area contributed by atoms with E-state index in [2.05, 4.69) is 26.7 Å². The Morgan fingerprint density at radius 3 is 2.33 bits per heavy atom. The van der Waals surface area contributed by atoms with Crippen LogP contribution >= 0.6 is 0 Å². The number of nitrogens with zero attached hydrogens (tertiary/aromatic N) is 3. The van der Waals surface area contributed by atoms with E-state index in [4.69, 9.17) is 9.47 Å². The summed E-state index contributed by atoms with van der Waals surface area (Å²) in [5.74, 6) is 0.728. The third-order valence-electron chi connectivity index (χ3n) is 7.41. The summed E-state index contributed by atoms with van der Waals surface area (Å²) in [6.45, 7) is -0.212. The number of benzene rings is 4. The minimum absolute atomic E-state index is 0.0717. The lowest BCUT2D eigenvalue weighted by molar-refractivity contribution is -0.138. The first-order valence-corrected chi connectivity index (χ1v) is 14.4. The highest BCUT2D eigenvalue weighted by molar-refractivity contribution is 5.89. The van der Waals surface area contributed by atoms with Gasteiger partial charge >= 0.3 is 12.1 Å². The normalized spacial score (nSPS) is 12.3. The lowest BCUT2D eigenvalue weighted by Crippen LogP contribution is -2.10. The first-order chi connectivity index (χ1) is 21.8. The number of alkyl halides is 3. The van der Waals surface area contributed by atoms with Crippen molar-refractivity contribution in [3.8, 4) is 17.1 Å². The summed E-state index contributed by atoms with van der Waals surface area (Å²) in [7, 11) is 1.35. The molecule has 4 aromatic carbocycles. The van der Waals surface area contributed by atoms with Crippen LogP contribution in [-0.4, -0.2) is 33.7 Å². The largest absolute Gasteiger partial charge is 0.488 e. The molecule has 0 saturated carbocycles. The number of tetrazole rings is 1. The molecule has 1 atom stereocenters. The fraction of sp³-hybridized carbons (Fsp3) is 0.200. The summed E-state index contributed by atoms with van der Waals surface area (Å²) in [5.41, 5.74) is 3.67. The predicted octanol–water partition coefficient (Wildman–Crippen LogP) is 7.76. The predicted molar refractivity (Wildman–Crippen MR) is 164 cm³/mol. The van der Waals surface area contributed by atoms with Crippen molar-refractivity contribution in [1.29, 1.82) is 0 Å². The molecule has 0 aliphatic carbocycles. The van der Waals surface area contributed by atoms with Crippen LogP contribution in [0.1, 0.15) is 44.6 Å². The summed E-state index contributed by atoms with van der Waals surface area (Å²) >= 11 is 0. The molecule has 5 rings (SSSR count). The zero-order valence-corrected chi connectivity index (χ0v) is 24.5. The highest BCUT2D eigenvalue weighted by Gasteiger charge is 2.33. The molecule has 1 unspecified atom stereocenters. The molecule has 0 fully saturated rings. The second-order valence-corrected chi connectivity index (χ2v) is 10.5. The Balaban J connectivity index is 1.33. The second kappa shape index (κ2) is 14.5. The number of nitrogens with one attached hydrogen (secondary N) is 1. The first-order valence-electron chi connectivity index (χ1n) is 14.4. The number of carbonyl (C=O) groups excluding carboxylic acids is 1. The van der Waals surface area contributed by atoms with Crippen LogP contribution in [0.2, 0.25) is 0 Å². The number of hydrogen-bond acceptors (Lipinski definition) is 6. The Hall–Kier alpha value is -5.25. The Labute approximate surface area is 258 Å². The van der Waals surface area contributed by atoms with Gasteiger partial charge in [-0.25, -0.2) is 4.79 Å². The molecule has 0 radical (unpaired) electrons. The monoisotopic (exact) mass is 612 g/mol. The maximum Gasteiger partial charge on any atom is 0.416 e. The lowest BCUT2D eigenvalue weighted by atomic mass is 9.91. The van der Waals surface area contributed by atoms with Crippen LogP contribution in [-0.2, 0) is 30.4 Å². The zero-order valence-electron chi connectivity index (χ0n) is 24.5. The van der Waals surface area contributed by atoms with Gasteiger partial charge in [-0.3, -0.25) is 0 Å². The van der Waals surface area contributed by atoms with Gasteiger partial charge in [0.25, 0.3) is 0 Å². The molecule has 7 nitrogen and oxygen atoms in total. The van der Waals surface area contributed by atoms with Crippen LogP contribution < -0.4 is 4.74 Å². The van der Waals surface area contributed by atoms with E-state index in [0.717, 1.165) is 41.2 Å². The maximum absolute atomic E-state index is 13.5. The highest BCUT2D eigenvalue weighted by Crippen LogP contribution is 2.33. The molecule has 1 heterocycles. The van der Waals surface area contributed by atoms with Crippen molar-refractivity contribution >= 4 is 12.0 Å². The van der Waals surface area contributed by atoms with Crippen molar-refractivity contribution in [2.75, 3.05) is 7.11 Å². The van der Waals surface area contributed by atoms with E-state index in [-0.39, 0.29) is 18.1 Å². The number of esters is 1. The van der Waals surface area contributed by atoms with Gasteiger partial charge in [0.05, 0.1) is 18.2 Å². The molecule has 5 aromatic rings. The molecule has 45 heavy (non-hydrogen) atoms. The summed E-state index contributed by atoms with van der Waals surface area (Å²) in [4.78, 5) is 11.9. The van der Waals surface area contributed by atoms with E-state index in [1.165, 1.54) is 19.2 Å². The van der Waals surface area contributed by atoms with Gasteiger partial charge in [-0.05, 0) is 65.8 Å². The van der Waals surface area contributed by atoms with Crippen LogP contribution in [0.5, 0.6) is 5.75 Å².